The number of amides is 5. The van der Waals surface area contributed by atoms with Gasteiger partial charge in [0.05, 0.1) is 6.61 Å². The van der Waals surface area contributed by atoms with E-state index in [1.165, 1.54) is 12.8 Å². The molecule has 1 aromatic rings. The molecule has 0 aromatic heterocycles. The largest absolute Gasteiger partial charge is 0.494 e. The van der Waals surface area contributed by atoms with Crippen molar-refractivity contribution in [3.05, 3.63) is 29.8 Å². The average Bonchev–Trinajstić information content (AvgIpc) is 2.93. The SMILES string of the molecule is CCCCCCOc1ccc(C(=O)NNC(=O)CCCN2C(=O)NC(C)(C)C2=O)cc1. The van der Waals surface area contributed by atoms with Crippen LogP contribution in [0.25, 0.3) is 0 Å². The topological polar surface area (TPSA) is 117 Å². The van der Waals surface area contributed by atoms with Gasteiger partial charge in [-0.2, -0.15) is 0 Å². The molecule has 0 bridgehead atoms. The van der Waals surface area contributed by atoms with Crippen molar-refractivity contribution in [2.45, 2.75) is 64.8 Å². The molecule has 5 amide bonds. The fourth-order valence-corrected chi connectivity index (χ4v) is 3.10. The van der Waals surface area contributed by atoms with Crippen molar-refractivity contribution in [1.82, 2.24) is 21.1 Å². The molecule has 1 fully saturated rings. The van der Waals surface area contributed by atoms with Gasteiger partial charge in [-0.05, 0) is 51.0 Å². The number of nitrogens with zero attached hydrogens (tertiary/aromatic N) is 1. The zero-order chi connectivity index (χ0) is 22.9. The lowest BCUT2D eigenvalue weighted by Gasteiger charge is -2.15. The minimum absolute atomic E-state index is 0.0581. The molecule has 1 aliphatic heterocycles. The summed E-state index contributed by atoms with van der Waals surface area (Å²) in [4.78, 5) is 49.1. The number of unbranched alkanes of at least 4 members (excludes halogenated alkanes) is 3. The molecular formula is C22H32N4O5. The van der Waals surface area contributed by atoms with Crippen LogP contribution < -0.4 is 20.9 Å². The van der Waals surface area contributed by atoms with E-state index < -0.39 is 23.4 Å². The summed E-state index contributed by atoms with van der Waals surface area (Å²) >= 11 is 0. The summed E-state index contributed by atoms with van der Waals surface area (Å²) in [6, 6.07) is 6.23. The molecule has 0 spiro atoms. The van der Waals surface area contributed by atoms with Gasteiger partial charge in [0.2, 0.25) is 5.91 Å². The van der Waals surface area contributed by atoms with Crippen LogP contribution in [0.4, 0.5) is 4.79 Å². The van der Waals surface area contributed by atoms with Gasteiger partial charge in [-0.3, -0.25) is 30.1 Å². The normalized spacial score (nSPS) is 14.9. The Morgan fingerprint density at radius 2 is 1.74 bits per heavy atom. The predicted molar refractivity (Wildman–Crippen MR) is 115 cm³/mol. The number of carbonyl (C=O) groups excluding carboxylic acids is 4. The quantitative estimate of drug-likeness (QED) is 0.282. The Balaban J connectivity index is 1.67. The maximum Gasteiger partial charge on any atom is 0.325 e. The first-order chi connectivity index (χ1) is 14.7. The zero-order valence-electron chi connectivity index (χ0n) is 18.5. The highest BCUT2D eigenvalue weighted by Gasteiger charge is 2.43. The molecule has 1 saturated heterocycles. The molecule has 2 rings (SSSR count). The molecule has 1 aromatic carbocycles. The van der Waals surface area contributed by atoms with Crippen molar-refractivity contribution >= 4 is 23.8 Å². The molecule has 9 nitrogen and oxygen atoms in total. The second-order valence-electron chi connectivity index (χ2n) is 8.05. The molecule has 0 unspecified atom stereocenters. The molecule has 1 aliphatic rings. The summed E-state index contributed by atoms with van der Waals surface area (Å²) in [5, 5.41) is 2.58. The van der Waals surface area contributed by atoms with Gasteiger partial charge in [0.25, 0.3) is 11.8 Å². The maximum atomic E-state index is 12.2. The monoisotopic (exact) mass is 432 g/mol. The molecule has 0 atom stereocenters. The number of imide groups is 1. The van der Waals surface area contributed by atoms with Gasteiger partial charge in [0.15, 0.2) is 0 Å². The Labute approximate surface area is 182 Å². The predicted octanol–water partition coefficient (Wildman–Crippen LogP) is 2.52. The van der Waals surface area contributed by atoms with Crippen molar-refractivity contribution < 1.29 is 23.9 Å². The molecule has 0 radical (unpaired) electrons. The lowest BCUT2D eigenvalue weighted by atomic mass is 10.1. The zero-order valence-corrected chi connectivity index (χ0v) is 18.5. The summed E-state index contributed by atoms with van der Waals surface area (Å²) in [5.41, 5.74) is 4.16. The van der Waals surface area contributed by atoms with E-state index in [0.29, 0.717) is 24.3 Å². The Hall–Kier alpha value is -3.10. The van der Waals surface area contributed by atoms with Crippen LogP contribution in [0.15, 0.2) is 24.3 Å². The van der Waals surface area contributed by atoms with E-state index in [9.17, 15) is 19.2 Å². The number of urea groups is 1. The molecule has 9 heteroatoms. The fraction of sp³-hybridized carbons (Fsp3) is 0.545. The third kappa shape index (κ3) is 7.27. The third-order valence-corrected chi connectivity index (χ3v) is 4.93. The lowest BCUT2D eigenvalue weighted by molar-refractivity contribution is -0.130. The standard InChI is InChI=1S/C22H32N4O5/c1-4-5-6-7-15-31-17-12-10-16(11-13-17)19(28)25-24-18(27)9-8-14-26-20(29)22(2,3)23-21(26)30/h10-13H,4-9,14-15H2,1-3H3,(H,23,30)(H,24,27)(H,25,28). The summed E-state index contributed by atoms with van der Waals surface area (Å²) in [6.45, 7) is 6.19. The first-order valence-electron chi connectivity index (χ1n) is 10.7. The van der Waals surface area contributed by atoms with Gasteiger partial charge in [0, 0.05) is 18.5 Å². The van der Waals surface area contributed by atoms with E-state index in [1.807, 2.05) is 0 Å². The van der Waals surface area contributed by atoms with Crippen molar-refractivity contribution in [3.63, 3.8) is 0 Å². The van der Waals surface area contributed by atoms with Crippen molar-refractivity contribution in [2.24, 2.45) is 0 Å². The van der Waals surface area contributed by atoms with Gasteiger partial charge in [-0.15, -0.1) is 0 Å². The van der Waals surface area contributed by atoms with E-state index in [-0.39, 0.29) is 18.9 Å². The average molecular weight is 433 g/mol. The van der Waals surface area contributed by atoms with Crippen molar-refractivity contribution in [3.8, 4) is 5.75 Å². The summed E-state index contributed by atoms with van der Waals surface area (Å²) in [7, 11) is 0. The van der Waals surface area contributed by atoms with Crippen LogP contribution in [0, 0.1) is 0 Å². The van der Waals surface area contributed by atoms with Gasteiger partial charge >= 0.3 is 6.03 Å². The van der Waals surface area contributed by atoms with Gasteiger partial charge in [-0.25, -0.2) is 4.79 Å². The van der Waals surface area contributed by atoms with Crippen LogP contribution in [0.1, 0.15) is 69.7 Å². The maximum absolute atomic E-state index is 12.2. The van der Waals surface area contributed by atoms with Crippen LogP contribution in [0.3, 0.4) is 0 Å². The first kappa shape index (κ1) is 24.2. The highest BCUT2D eigenvalue weighted by Crippen LogP contribution is 2.17. The van der Waals surface area contributed by atoms with Crippen LogP contribution in [0.2, 0.25) is 0 Å². The minimum Gasteiger partial charge on any atom is -0.494 e. The third-order valence-electron chi connectivity index (χ3n) is 4.93. The number of hydrazine groups is 1. The molecule has 0 saturated carbocycles. The van der Waals surface area contributed by atoms with Crippen LogP contribution >= 0.6 is 0 Å². The lowest BCUT2D eigenvalue weighted by Crippen LogP contribution is -2.42. The van der Waals surface area contributed by atoms with Gasteiger partial charge in [-0.1, -0.05) is 26.2 Å². The summed E-state index contributed by atoms with van der Waals surface area (Å²) < 4.78 is 5.64. The van der Waals surface area contributed by atoms with Gasteiger partial charge < -0.3 is 10.1 Å². The highest BCUT2D eigenvalue weighted by atomic mass is 16.5. The van der Waals surface area contributed by atoms with Crippen LogP contribution in [0.5, 0.6) is 5.75 Å². The van der Waals surface area contributed by atoms with E-state index in [0.717, 1.165) is 17.7 Å². The van der Waals surface area contributed by atoms with Crippen LogP contribution in [-0.4, -0.2) is 47.3 Å². The first-order valence-corrected chi connectivity index (χ1v) is 10.7. The number of nitrogens with one attached hydrogen (secondary N) is 3. The second-order valence-corrected chi connectivity index (χ2v) is 8.05. The molecule has 31 heavy (non-hydrogen) atoms. The molecule has 1 heterocycles. The molecule has 3 N–H and O–H groups in total. The molecular weight excluding hydrogens is 400 g/mol. The Morgan fingerprint density at radius 1 is 1.03 bits per heavy atom. The number of hydrogen-bond acceptors (Lipinski definition) is 5. The van der Waals surface area contributed by atoms with Crippen molar-refractivity contribution in [1.29, 1.82) is 0 Å². The van der Waals surface area contributed by atoms with Gasteiger partial charge in [0.1, 0.15) is 11.3 Å². The number of ether oxygens (including phenoxy) is 1. The van der Waals surface area contributed by atoms with E-state index >= 15 is 0 Å². The minimum atomic E-state index is -0.928. The summed E-state index contributed by atoms with van der Waals surface area (Å²) in [6.07, 6.45) is 4.85. The van der Waals surface area contributed by atoms with Crippen molar-refractivity contribution in [2.75, 3.05) is 13.2 Å². The smallest absolute Gasteiger partial charge is 0.325 e. The van der Waals surface area contributed by atoms with E-state index in [2.05, 4.69) is 23.1 Å². The molecule has 170 valence electrons. The Morgan fingerprint density at radius 3 is 2.35 bits per heavy atom. The highest BCUT2D eigenvalue weighted by molar-refractivity contribution is 6.06. The number of rotatable bonds is 11. The van der Waals surface area contributed by atoms with E-state index in [1.54, 1.807) is 38.1 Å². The van der Waals surface area contributed by atoms with E-state index in [4.69, 9.17) is 4.74 Å². The summed E-state index contributed by atoms with van der Waals surface area (Å²) in [5.74, 6) is -0.481. The number of hydrogen-bond donors (Lipinski definition) is 3. The van der Waals surface area contributed by atoms with Crippen LogP contribution in [-0.2, 0) is 9.59 Å². The Bertz CT molecular complexity index is 792. The molecule has 0 aliphatic carbocycles. The number of benzene rings is 1. The Kier molecular flexibility index (Phi) is 8.84. The second kappa shape index (κ2) is 11.3. The number of carbonyl (C=O) groups is 4. The fourth-order valence-electron chi connectivity index (χ4n) is 3.10.